The minimum atomic E-state index is -1.17. The lowest BCUT2D eigenvalue weighted by Crippen LogP contribution is -2.57. The van der Waals surface area contributed by atoms with Crippen molar-refractivity contribution in [1.29, 1.82) is 0 Å². The molecular weight excluding hydrogens is 477 g/mol. The second-order valence-electron chi connectivity index (χ2n) is 8.91. The third kappa shape index (κ3) is 4.45. The molecule has 2 atom stereocenters. The zero-order valence-corrected chi connectivity index (χ0v) is 18.9. The Bertz CT molecular complexity index is 738. The van der Waals surface area contributed by atoms with Gasteiger partial charge in [-0.05, 0) is 88.6 Å². The molecule has 1 saturated carbocycles. The molecular formula is C19H28IN3O5. The maximum absolute atomic E-state index is 12.3. The molecule has 2 fully saturated rings. The summed E-state index contributed by atoms with van der Waals surface area (Å²) in [6, 6.07) is -1.17. The van der Waals surface area contributed by atoms with E-state index in [1.807, 2.05) is 22.6 Å². The Kier molecular flexibility index (Phi) is 5.96. The minimum Gasteiger partial charge on any atom is -0.480 e. The molecule has 2 aliphatic rings. The van der Waals surface area contributed by atoms with Crippen LogP contribution < -0.4 is 5.32 Å². The van der Waals surface area contributed by atoms with Crippen LogP contribution in [0.2, 0.25) is 0 Å². The van der Waals surface area contributed by atoms with Crippen LogP contribution in [0.25, 0.3) is 0 Å². The maximum atomic E-state index is 12.3. The molecule has 2 heterocycles. The summed E-state index contributed by atoms with van der Waals surface area (Å²) in [5, 5.41) is 12.4. The number of carboxylic acid groups (broad SMARTS) is 1. The van der Waals surface area contributed by atoms with Crippen molar-refractivity contribution in [1.82, 2.24) is 15.2 Å². The number of carboxylic acids is 1. The average molecular weight is 505 g/mol. The number of hydrogen-bond donors (Lipinski definition) is 2. The summed E-state index contributed by atoms with van der Waals surface area (Å²) in [4.78, 5) is 31.1. The minimum absolute atomic E-state index is 0.0611. The Morgan fingerprint density at radius 1 is 1.46 bits per heavy atom. The molecule has 8 nitrogen and oxygen atoms in total. The third-order valence-corrected chi connectivity index (χ3v) is 6.31. The predicted octanol–water partition coefficient (Wildman–Crippen LogP) is 3.22. The van der Waals surface area contributed by atoms with Crippen LogP contribution >= 0.6 is 22.6 Å². The van der Waals surface area contributed by atoms with E-state index in [9.17, 15) is 14.7 Å². The van der Waals surface area contributed by atoms with E-state index >= 15 is 0 Å². The zero-order valence-electron chi connectivity index (χ0n) is 16.7. The monoisotopic (exact) mass is 505 g/mol. The van der Waals surface area contributed by atoms with E-state index < -0.39 is 29.6 Å². The first-order valence-electron chi connectivity index (χ1n) is 9.55. The van der Waals surface area contributed by atoms with E-state index in [2.05, 4.69) is 22.2 Å². The lowest BCUT2D eigenvalue weighted by atomic mass is 9.60. The zero-order chi connectivity index (χ0) is 20.7. The molecule has 0 aromatic carbocycles. The topological polar surface area (TPSA) is 105 Å². The van der Waals surface area contributed by atoms with Crippen LogP contribution in [0, 0.1) is 9.62 Å². The Labute approximate surface area is 178 Å². The van der Waals surface area contributed by atoms with Crippen molar-refractivity contribution >= 4 is 34.7 Å². The van der Waals surface area contributed by atoms with Gasteiger partial charge in [-0.2, -0.15) is 0 Å². The molecule has 1 aromatic rings. The molecule has 9 heteroatoms. The molecule has 0 bridgehead atoms. The lowest BCUT2D eigenvalue weighted by Gasteiger charge is -2.52. The number of carbonyl (C=O) groups excluding carboxylic acids is 1. The van der Waals surface area contributed by atoms with Gasteiger partial charge in [0.15, 0.2) is 0 Å². The highest BCUT2D eigenvalue weighted by Gasteiger charge is 2.55. The summed E-state index contributed by atoms with van der Waals surface area (Å²) in [5.41, 5.74) is -0.578. The molecule has 1 aliphatic heterocycles. The normalized spacial score (nSPS) is 27.2. The van der Waals surface area contributed by atoms with E-state index in [0.29, 0.717) is 9.59 Å². The van der Waals surface area contributed by atoms with Crippen LogP contribution in [0.5, 0.6) is 0 Å². The highest BCUT2D eigenvalue weighted by atomic mass is 127. The Balaban J connectivity index is 1.82. The van der Waals surface area contributed by atoms with Gasteiger partial charge in [0.1, 0.15) is 21.6 Å². The highest BCUT2D eigenvalue weighted by Crippen LogP contribution is 2.53. The van der Waals surface area contributed by atoms with Crippen molar-refractivity contribution in [3.8, 4) is 0 Å². The number of halogens is 1. The van der Waals surface area contributed by atoms with Crippen LogP contribution in [-0.4, -0.2) is 57.8 Å². The quantitative estimate of drug-likeness (QED) is 0.593. The van der Waals surface area contributed by atoms with Crippen LogP contribution in [0.4, 0.5) is 4.79 Å². The molecule has 2 unspecified atom stereocenters. The van der Waals surface area contributed by atoms with Crippen LogP contribution in [0.15, 0.2) is 10.7 Å². The summed E-state index contributed by atoms with van der Waals surface area (Å²) in [6.45, 7) is 6.28. The molecule has 1 saturated heterocycles. The number of likely N-dealkylation sites (tertiary alicyclic amines) is 1. The number of hydrogen-bond acceptors (Lipinski definition) is 6. The largest absolute Gasteiger partial charge is 0.480 e. The van der Waals surface area contributed by atoms with Gasteiger partial charge >= 0.3 is 12.1 Å². The molecule has 3 rings (SSSR count). The molecule has 1 aromatic heterocycles. The first-order valence-corrected chi connectivity index (χ1v) is 10.6. The van der Waals surface area contributed by atoms with E-state index in [1.54, 1.807) is 20.8 Å². The summed E-state index contributed by atoms with van der Waals surface area (Å²) in [7, 11) is 2.12. The van der Waals surface area contributed by atoms with Crippen molar-refractivity contribution in [2.75, 3.05) is 13.6 Å². The van der Waals surface area contributed by atoms with Crippen LogP contribution in [-0.2, 0) is 9.53 Å². The highest BCUT2D eigenvalue weighted by molar-refractivity contribution is 14.1. The van der Waals surface area contributed by atoms with E-state index in [0.717, 1.165) is 32.2 Å². The fourth-order valence-corrected chi connectivity index (χ4v) is 4.90. The summed E-state index contributed by atoms with van der Waals surface area (Å²) in [5.74, 6) is -1.25. The number of rotatable bonds is 5. The average Bonchev–Trinajstić information content (AvgIpc) is 3.10. The molecule has 2 N–H and O–H groups in total. The first kappa shape index (κ1) is 21.4. The Morgan fingerprint density at radius 2 is 2.14 bits per heavy atom. The number of aliphatic carboxylic acids is 1. The van der Waals surface area contributed by atoms with Crippen molar-refractivity contribution in [2.45, 2.75) is 69.6 Å². The first-order chi connectivity index (χ1) is 13.0. The molecule has 156 valence electrons. The Morgan fingerprint density at radius 3 is 2.61 bits per heavy atom. The van der Waals surface area contributed by atoms with Crippen LogP contribution in [0.3, 0.4) is 0 Å². The molecule has 1 amide bonds. The fourth-order valence-electron chi connectivity index (χ4n) is 4.54. The maximum Gasteiger partial charge on any atom is 0.408 e. The van der Waals surface area contributed by atoms with Gasteiger partial charge in [-0.25, -0.2) is 14.6 Å². The standard InChI is InChI=1S/C19H28IN3O5/c1-18(2,3)28-17(26)22-14(16(24)25)13(15-21-12(20)10-27-15)11-8-19(9-11)6-5-7-23(19)4/h10-11,13-14H,5-9H2,1-4H3,(H,22,26)(H,24,25). The summed E-state index contributed by atoms with van der Waals surface area (Å²) >= 11 is 2.03. The number of nitrogens with one attached hydrogen (secondary N) is 1. The fraction of sp³-hybridized carbons (Fsp3) is 0.737. The van der Waals surface area contributed by atoms with Gasteiger partial charge in [0.2, 0.25) is 5.89 Å². The van der Waals surface area contributed by atoms with Crippen molar-refractivity contribution in [3.05, 3.63) is 15.9 Å². The number of oxazole rings is 1. The van der Waals surface area contributed by atoms with Gasteiger partial charge in [0, 0.05) is 5.54 Å². The van der Waals surface area contributed by atoms with Crippen molar-refractivity contribution in [3.63, 3.8) is 0 Å². The molecule has 28 heavy (non-hydrogen) atoms. The Hall–Kier alpha value is -1.36. The number of aromatic nitrogens is 1. The number of alkyl carbamates (subject to hydrolysis) is 1. The van der Waals surface area contributed by atoms with Gasteiger partial charge in [-0.1, -0.05) is 0 Å². The second kappa shape index (κ2) is 7.81. The smallest absolute Gasteiger partial charge is 0.408 e. The van der Waals surface area contributed by atoms with E-state index in [4.69, 9.17) is 9.15 Å². The van der Waals surface area contributed by atoms with Crippen LogP contribution in [0.1, 0.15) is 58.3 Å². The molecule has 1 spiro atoms. The third-order valence-electron chi connectivity index (χ3n) is 5.81. The summed E-state index contributed by atoms with van der Waals surface area (Å²) < 4.78 is 11.5. The lowest BCUT2D eigenvalue weighted by molar-refractivity contribution is -0.141. The van der Waals surface area contributed by atoms with Gasteiger partial charge in [-0.3, -0.25) is 0 Å². The predicted molar refractivity (Wildman–Crippen MR) is 110 cm³/mol. The van der Waals surface area contributed by atoms with Gasteiger partial charge in [-0.15, -0.1) is 0 Å². The van der Waals surface area contributed by atoms with Gasteiger partial charge in [0.25, 0.3) is 0 Å². The van der Waals surface area contributed by atoms with Crippen molar-refractivity contribution in [2.24, 2.45) is 5.92 Å². The number of ether oxygens (including phenoxy) is 1. The summed E-state index contributed by atoms with van der Waals surface area (Å²) in [6.07, 6.45) is 4.76. The molecule has 0 radical (unpaired) electrons. The second-order valence-corrected chi connectivity index (χ2v) is 10.0. The van der Waals surface area contributed by atoms with Gasteiger partial charge in [0.05, 0.1) is 5.92 Å². The van der Waals surface area contributed by atoms with E-state index in [-0.39, 0.29) is 11.5 Å². The van der Waals surface area contributed by atoms with Gasteiger partial charge < -0.3 is 24.5 Å². The number of nitrogens with zero attached hydrogens (tertiary/aromatic N) is 2. The molecule has 1 aliphatic carbocycles. The number of carbonyl (C=O) groups is 2. The van der Waals surface area contributed by atoms with E-state index in [1.165, 1.54) is 6.26 Å². The van der Waals surface area contributed by atoms with Crippen molar-refractivity contribution < 1.29 is 23.8 Å². The number of amides is 1. The SMILES string of the molecule is CN1CCCC12CC(C(c1nc(I)co1)C(NC(=O)OC(C)(C)C)C(=O)O)C2.